The predicted octanol–water partition coefficient (Wildman–Crippen LogP) is 4.34. The molecule has 1 aromatic carbocycles. The number of para-hydroxylation sites is 1. The van der Waals surface area contributed by atoms with Crippen molar-refractivity contribution in [2.75, 3.05) is 11.9 Å². The molecule has 54 heavy (non-hydrogen) atoms. The number of rotatable bonds is 6. The lowest BCUT2D eigenvalue weighted by molar-refractivity contribution is -0.140. The number of allylic oxidation sites excluding steroid dienone is 1. The topological polar surface area (TPSA) is 186 Å². The molecule has 3 amide bonds. The molecular formula is C39H47N7O7S. The number of carbonyl (C=O) groups is 3. The minimum absolute atomic E-state index is 0.139. The Morgan fingerprint density at radius 2 is 1.85 bits per heavy atom. The first-order chi connectivity index (χ1) is 25.9. The average Bonchev–Trinajstić information content (AvgIpc) is 4.11. The van der Waals surface area contributed by atoms with Crippen LogP contribution in [0.15, 0.2) is 40.9 Å². The van der Waals surface area contributed by atoms with Crippen LogP contribution < -0.4 is 20.1 Å². The summed E-state index contributed by atoms with van der Waals surface area (Å²) in [5.41, 5.74) is 0.313. The minimum Gasteiger partial charge on any atom is -0.483 e. The van der Waals surface area contributed by atoms with Crippen LogP contribution in [0.25, 0.3) is 10.9 Å². The average molecular weight is 758 g/mol. The Balaban J connectivity index is 1.06. The summed E-state index contributed by atoms with van der Waals surface area (Å²) < 4.78 is 40.2. The van der Waals surface area contributed by atoms with Gasteiger partial charge in [-0.2, -0.15) is 4.98 Å². The van der Waals surface area contributed by atoms with Crippen LogP contribution >= 0.6 is 0 Å². The molecule has 3 saturated carbocycles. The number of ether oxygens (including phenoxy) is 1. The summed E-state index contributed by atoms with van der Waals surface area (Å²) in [5.74, 6) is -0.390. The summed E-state index contributed by atoms with van der Waals surface area (Å²) in [6.07, 6.45) is 12.2. The number of hydrogen-bond acceptors (Lipinski definition) is 11. The monoisotopic (exact) mass is 757 g/mol. The van der Waals surface area contributed by atoms with Crippen LogP contribution in [-0.4, -0.2) is 80.7 Å². The Hall–Kier alpha value is -4.53. The standard InChI is InChI=1S/C39H47N7O7S/c1-23-31-27(26-11-8-9-12-28(26)40-23)16-17-38(52-31)21-30-33(47)43-39(35(49)45-54(50,51)37(2)18-19-37)20-25(39)10-6-4-3-5-7-13-29(34(48)46(30)22-38)41-36-42-32(44-53-36)24-14-15-24/h6,8-12,24-25,29-30H,3-5,7,13-22H2,1-2H3,(H,43,47)(H,45,49)(H,41,42,44). The normalized spacial score (nSPS) is 30.6. The highest BCUT2D eigenvalue weighted by atomic mass is 32.2. The van der Waals surface area contributed by atoms with Gasteiger partial charge in [0.2, 0.25) is 21.8 Å². The number of pyridine rings is 1. The molecule has 4 fully saturated rings. The summed E-state index contributed by atoms with van der Waals surface area (Å²) in [4.78, 5) is 54.4. The van der Waals surface area contributed by atoms with Gasteiger partial charge in [-0.25, -0.2) is 13.4 Å². The smallest absolute Gasteiger partial charge is 0.322 e. The predicted molar refractivity (Wildman–Crippen MR) is 198 cm³/mol. The van der Waals surface area contributed by atoms with E-state index in [1.807, 2.05) is 43.3 Å². The van der Waals surface area contributed by atoms with Crippen LogP contribution in [0.2, 0.25) is 0 Å². The molecule has 3 aliphatic carbocycles. The number of benzene rings is 1. The maximum atomic E-state index is 14.8. The van der Waals surface area contributed by atoms with Crippen LogP contribution in [0.4, 0.5) is 6.01 Å². The van der Waals surface area contributed by atoms with E-state index in [0.29, 0.717) is 43.7 Å². The van der Waals surface area contributed by atoms with E-state index >= 15 is 0 Å². The molecule has 286 valence electrons. The first kappa shape index (κ1) is 35.2. The summed E-state index contributed by atoms with van der Waals surface area (Å²) in [5, 5.41) is 11.4. The summed E-state index contributed by atoms with van der Waals surface area (Å²) in [7, 11) is -3.96. The first-order valence-corrected chi connectivity index (χ1v) is 20.9. The van der Waals surface area contributed by atoms with E-state index in [-0.39, 0.29) is 43.1 Å². The molecule has 2 aromatic heterocycles. The fourth-order valence-electron chi connectivity index (χ4n) is 8.59. The number of amides is 3. The van der Waals surface area contributed by atoms with Gasteiger partial charge in [0.15, 0.2) is 5.82 Å². The second-order valence-electron chi connectivity index (χ2n) is 16.6. The number of aryl methyl sites for hydroxylation is 2. The van der Waals surface area contributed by atoms with E-state index in [1.54, 1.807) is 11.8 Å². The van der Waals surface area contributed by atoms with Gasteiger partial charge < -0.3 is 24.8 Å². The molecule has 3 N–H and O–H groups in total. The zero-order valence-electron chi connectivity index (χ0n) is 30.7. The molecule has 9 rings (SSSR count). The molecule has 1 saturated heterocycles. The molecule has 0 radical (unpaired) electrons. The SMILES string of the molecule is Cc1nc2ccccc2c2c1OC1(CC2)CC2C(=O)NC3(C(=O)NS(=O)(=O)C4(C)CC4)CC3C=CCCCCCC(Nc3nc(C4CC4)no3)C(=O)N2C1. The zero-order valence-corrected chi connectivity index (χ0v) is 31.5. The van der Waals surface area contributed by atoms with Crippen molar-refractivity contribution in [2.45, 2.75) is 131 Å². The summed E-state index contributed by atoms with van der Waals surface area (Å²) in [6.45, 7) is 3.67. The van der Waals surface area contributed by atoms with Gasteiger partial charge in [-0.05, 0) is 84.1 Å². The molecule has 3 aliphatic heterocycles. The van der Waals surface area contributed by atoms with Crippen LogP contribution in [0.1, 0.15) is 107 Å². The molecule has 6 aliphatic rings. The molecule has 1 spiro atoms. The van der Waals surface area contributed by atoms with E-state index in [0.717, 1.165) is 60.7 Å². The van der Waals surface area contributed by atoms with E-state index < -0.39 is 49.8 Å². The third kappa shape index (κ3) is 6.21. The number of sulfonamides is 1. The number of hydrogen-bond donors (Lipinski definition) is 3. The molecule has 3 aromatic rings. The van der Waals surface area contributed by atoms with Crippen molar-refractivity contribution in [1.29, 1.82) is 0 Å². The van der Waals surface area contributed by atoms with E-state index in [2.05, 4.69) is 25.5 Å². The summed E-state index contributed by atoms with van der Waals surface area (Å²) in [6, 6.07) is 6.36. The van der Waals surface area contributed by atoms with Gasteiger partial charge in [-0.3, -0.25) is 19.1 Å². The lowest BCUT2D eigenvalue weighted by atomic mass is 9.87. The van der Waals surface area contributed by atoms with E-state index in [4.69, 9.17) is 14.2 Å². The van der Waals surface area contributed by atoms with Crippen LogP contribution in [0.5, 0.6) is 5.75 Å². The largest absolute Gasteiger partial charge is 0.483 e. The minimum atomic E-state index is -3.96. The van der Waals surface area contributed by atoms with E-state index in [9.17, 15) is 22.8 Å². The Morgan fingerprint density at radius 3 is 2.65 bits per heavy atom. The van der Waals surface area contributed by atoms with Crippen molar-refractivity contribution >= 4 is 44.7 Å². The Morgan fingerprint density at radius 1 is 1.04 bits per heavy atom. The van der Waals surface area contributed by atoms with Crippen LogP contribution in [-0.2, 0) is 30.8 Å². The van der Waals surface area contributed by atoms with Gasteiger partial charge in [-0.15, -0.1) is 0 Å². The van der Waals surface area contributed by atoms with Crippen LogP contribution in [0, 0.1) is 12.8 Å². The van der Waals surface area contributed by atoms with Gasteiger partial charge in [0.25, 0.3) is 5.91 Å². The maximum absolute atomic E-state index is 14.8. The van der Waals surface area contributed by atoms with Crippen LogP contribution in [0.3, 0.4) is 0 Å². The molecule has 5 atom stereocenters. The fraction of sp³-hybridized carbons (Fsp3) is 0.590. The highest BCUT2D eigenvalue weighted by Crippen LogP contribution is 2.49. The fourth-order valence-corrected chi connectivity index (χ4v) is 9.90. The quantitative estimate of drug-likeness (QED) is 0.304. The number of nitrogens with zero attached hydrogens (tertiary/aromatic N) is 4. The molecule has 0 bridgehead atoms. The molecule has 15 heteroatoms. The van der Waals surface area contributed by atoms with Gasteiger partial charge in [0.1, 0.15) is 29.0 Å². The van der Waals surface area contributed by atoms with Crippen molar-refractivity contribution in [2.24, 2.45) is 5.92 Å². The zero-order chi connectivity index (χ0) is 37.5. The first-order valence-electron chi connectivity index (χ1n) is 19.4. The third-order valence-corrected chi connectivity index (χ3v) is 14.7. The highest BCUT2D eigenvalue weighted by molar-refractivity contribution is 7.91. The van der Waals surface area contributed by atoms with Crippen molar-refractivity contribution in [1.82, 2.24) is 30.1 Å². The van der Waals surface area contributed by atoms with Gasteiger partial charge in [-0.1, -0.05) is 48.3 Å². The lowest BCUT2D eigenvalue weighted by Gasteiger charge is -2.36. The van der Waals surface area contributed by atoms with Gasteiger partial charge in [0.05, 0.1) is 22.5 Å². The van der Waals surface area contributed by atoms with Gasteiger partial charge in [0, 0.05) is 29.2 Å². The van der Waals surface area contributed by atoms with Crippen molar-refractivity contribution in [3.8, 4) is 5.75 Å². The van der Waals surface area contributed by atoms with Crippen molar-refractivity contribution in [3.63, 3.8) is 0 Å². The second kappa shape index (κ2) is 12.8. The van der Waals surface area contributed by atoms with Crippen molar-refractivity contribution < 1.29 is 32.1 Å². The lowest BCUT2D eigenvalue weighted by Crippen LogP contribution is -2.58. The Bertz CT molecular complexity index is 2180. The number of fused-ring (bicyclic) bond motifs is 5. The number of nitrogens with one attached hydrogen (secondary N) is 3. The number of anilines is 1. The number of carbonyl (C=O) groups excluding carboxylic acids is 3. The van der Waals surface area contributed by atoms with E-state index in [1.165, 1.54) is 0 Å². The molecular weight excluding hydrogens is 711 g/mol. The summed E-state index contributed by atoms with van der Waals surface area (Å²) >= 11 is 0. The molecule has 5 heterocycles. The number of aromatic nitrogens is 3. The maximum Gasteiger partial charge on any atom is 0.322 e. The Kier molecular flexibility index (Phi) is 8.32. The second-order valence-corrected chi connectivity index (χ2v) is 18.8. The Labute approximate surface area is 314 Å². The highest BCUT2D eigenvalue weighted by Gasteiger charge is 2.64. The third-order valence-electron chi connectivity index (χ3n) is 12.6. The van der Waals surface area contributed by atoms with Crippen molar-refractivity contribution in [3.05, 3.63) is 53.5 Å². The van der Waals surface area contributed by atoms with Gasteiger partial charge >= 0.3 is 6.01 Å². The molecule has 5 unspecified atom stereocenters. The molecule has 14 nitrogen and oxygen atoms in total.